The smallest absolute Gasteiger partial charge is 0.336 e. The number of benzene rings is 2. The lowest BCUT2D eigenvalue weighted by atomic mass is 9.92. The van der Waals surface area contributed by atoms with E-state index in [2.05, 4.69) is 32.0 Å². The molecule has 2 aromatic heterocycles. The number of anilines is 1. The number of H-pyrrole nitrogens is 1. The normalized spacial score (nSPS) is 14.2. The van der Waals surface area contributed by atoms with Crippen LogP contribution in [0.5, 0.6) is 11.8 Å². The van der Waals surface area contributed by atoms with Gasteiger partial charge < -0.3 is 24.5 Å². The molecule has 0 unspecified atom stereocenters. The number of aromatic nitrogens is 3. The predicted molar refractivity (Wildman–Crippen MR) is 143 cm³/mol. The first-order valence-corrected chi connectivity index (χ1v) is 12.6. The Labute approximate surface area is 219 Å². The molecule has 1 fully saturated rings. The molecule has 1 aliphatic heterocycles. The Balaban J connectivity index is 1.33. The van der Waals surface area contributed by atoms with Crippen LogP contribution >= 0.6 is 11.6 Å². The highest BCUT2D eigenvalue weighted by atomic mass is 35.5. The molecule has 9 heteroatoms. The number of aromatic amines is 1. The molecule has 3 heterocycles. The van der Waals surface area contributed by atoms with Crippen molar-refractivity contribution in [2.45, 2.75) is 33.1 Å². The largest absolute Gasteiger partial charge is 0.478 e. The van der Waals surface area contributed by atoms with Crippen molar-refractivity contribution in [3.05, 3.63) is 64.7 Å². The number of halogens is 1. The third-order valence-electron chi connectivity index (χ3n) is 6.76. The fourth-order valence-electron chi connectivity index (χ4n) is 4.79. The zero-order valence-corrected chi connectivity index (χ0v) is 21.4. The highest BCUT2D eigenvalue weighted by Gasteiger charge is 2.21. The van der Waals surface area contributed by atoms with Crippen LogP contribution in [0.3, 0.4) is 0 Å². The Morgan fingerprint density at radius 2 is 1.84 bits per heavy atom. The molecule has 0 amide bonds. The van der Waals surface area contributed by atoms with E-state index in [-0.39, 0.29) is 17.4 Å². The zero-order chi connectivity index (χ0) is 26.1. The summed E-state index contributed by atoms with van der Waals surface area (Å²) < 4.78 is 5.77. The Hall–Kier alpha value is -3.91. The van der Waals surface area contributed by atoms with E-state index >= 15 is 0 Å². The molecule has 5 rings (SSSR count). The highest BCUT2D eigenvalue weighted by molar-refractivity contribution is 6.33. The van der Waals surface area contributed by atoms with Crippen molar-refractivity contribution >= 4 is 40.2 Å². The molecule has 2 aromatic carbocycles. The fraction of sp³-hybridized carbons (Fsp3) is 0.286. The van der Waals surface area contributed by atoms with E-state index in [1.54, 1.807) is 32.0 Å². The van der Waals surface area contributed by atoms with Crippen LogP contribution < -0.4 is 9.64 Å². The number of carboxylic acids is 1. The number of carbonyl (C=O) groups is 2. The van der Waals surface area contributed by atoms with Crippen molar-refractivity contribution in [3.8, 4) is 23.0 Å². The molecular weight excluding hydrogens is 492 g/mol. The van der Waals surface area contributed by atoms with Gasteiger partial charge in [0, 0.05) is 30.8 Å². The monoisotopic (exact) mass is 518 g/mol. The molecule has 0 spiro atoms. The maximum Gasteiger partial charge on any atom is 0.336 e. The molecule has 0 saturated carbocycles. The van der Waals surface area contributed by atoms with Gasteiger partial charge in [-0.05, 0) is 68.5 Å². The number of imidazole rings is 1. The minimum Gasteiger partial charge on any atom is -0.478 e. The highest BCUT2D eigenvalue weighted by Crippen LogP contribution is 2.33. The van der Waals surface area contributed by atoms with Crippen molar-refractivity contribution in [1.29, 1.82) is 0 Å². The number of carboxylic acid groups (broad SMARTS) is 1. The van der Waals surface area contributed by atoms with Crippen molar-refractivity contribution in [2.24, 2.45) is 5.92 Å². The van der Waals surface area contributed by atoms with Crippen LogP contribution in [0, 0.1) is 12.8 Å². The first-order valence-electron chi connectivity index (χ1n) is 12.2. The second-order valence-corrected chi connectivity index (χ2v) is 9.91. The molecule has 0 radical (unpaired) electrons. The van der Waals surface area contributed by atoms with Crippen molar-refractivity contribution in [1.82, 2.24) is 15.0 Å². The molecule has 8 nitrogen and oxygen atoms in total. The van der Waals surface area contributed by atoms with Gasteiger partial charge in [0.15, 0.2) is 5.65 Å². The number of nitrogens with one attached hydrogen (secondary N) is 1. The second kappa shape index (κ2) is 10.2. The predicted octanol–water partition coefficient (Wildman–Crippen LogP) is 6.27. The van der Waals surface area contributed by atoms with Crippen LogP contribution in [0.2, 0.25) is 5.02 Å². The van der Waals surface area contributed by atoms with Crippen molar-refractivity contribution in [2.75, 3.05) is 18.0 Å². The van der Waals surface area contributed by atoms with Crippen molar-refractivity contribution < 1.29 is 19.4 Å². The van der Waals surface area contributed by atoms with Crippen LogP contribution in [-0.2, 0) is 4.79 Å². The molecular formula is C28H27ClN4O4. The third-order valence-corrected chi connectivity index (χ3v) is 7.04. The summed E-state index contributed by atoms with van der Waals surface area (Å²) in [4.78, 5) is 37.3. The van der Waals surface area contributed by atoms with Crippen molar-refractivity contribution in [3.63, 3.8) is 0 Å². The number of piperidine rings is 1. The average molecular weight is 519 g/mol. The summed E-state index contributed by atoms with van der Waals surface area (Å²) in [7, 11) is 0. The number of hydrogen-bond acceptors (Lipinski definition) is 6. The standard InChI is InChI=1S/C28H27ClN4O4/c1-16-3-8-21(14-22(16)27(35)36)37-28-30-24-15-23(29)25(31-26(24)32-28)19-4-6-20(7-5-19)33-11-9-18(10-12-33)13-17(2)34/h3-8,14-15,18H,9-13H2,1-2H3,(H,35,36)(H,30,31,32). The Bertz CT molecular complexity index is 1470. The fourth-order valence-corrected chi connectivity index (χ4v) is 5.05. The van der Waals surface area contributed by atoms with Gasteiger partial charge in [0.05, 0.1) is 21.8 Å². The van der Waals surface area contributed by atoms with Gasteiger partial charge in [0.1, 0.15) is 11.5 Å². The van der Waals surface area contributed by atoms with Crippen LogP contribution in [0.1, 0.15) is 42.1 Å². The number of fused-ring (bicyclic) bond motifs is 1. The maximum absolute atomic E-state index is 11.4. The number of hydrogen-bond donors (Lipinski definition) is 2. The second-order valence-electron chi connectivity index (χ2n) is 9.50. The summed E-state index contributed by atoms with van der Waals surface area (Å²) in [5, 5.41) is 9.83. The van der Waals surface area contributed by atoms with E-state index in [0.717, 1.165) is 37.2 Å². The number of aromatic carboxylic acids is 1. The van der Waals surface area contributed by atoms with Gasteiger partial charge >= 0.3 is 12.0 Å². The summed E-state index contributed by atoms with van der Waals surface area (Å²) in [6.45, 7) is 5.27. The minimum absolute atomic E-state index is 0.168. The topological polar surface area (TPSA) is 108 Å². The van der Waals surface area contributed by atoms with E-state index in [1.165, 1.54) is 6.07 Å². The molecule has 0 atom stereocenters. The first-order chi connectivity index (χ1) is 17.8. The molecule has 1 aliphatic rings. The van der Waals surface area contributed by atoms with E-state index < -0.39 is 5.97 Å². The quantitative estimate of drug-likeness (QED) is 0.296. The first kappa shape index (κ1) is 24.8. The van der Waals surface area contributed by atoms with E-state index in [9.17, 15) is 14.7 Å². The Morgan fingerprint density at radius 1 is 1.11 bits per heavy atom. The van der Waals surface area contributed by atoms with Crippen LogP contribution in [-0.4, -0.2) is 44.9 Å². The van der Waals surface area contributed by atoms with Gasteiger partial charge in [-0.2, -0.15) is 4.98 Å². The lowest BCUT2D eigenvalue weighted by Gasteiger charge is -2.33. The number of Topliss-reactive ketones (excluding diaryl/α,β-unsaturated/α-hetero) is 1. The average Bonchev–Trinajstić information content (AvgIpc) is 3.25. The van der Waals surface area contributed by atoms with Gasteiger partial charge in [0.2, 0.25) is 0 Å². The number of aryl methyl sites for hydroxylation is 1. The van der Waals surface area contributed by atoms with Gasteiger partial charge in [-0.25, -0.2) is 9.78 Å². The van der Waals surface area contributed by atoms with E-state index in [1.807, 2.05) is 12.1 Å². The molecule has 37 heavy (non-hydrogen) atoms. The number of rotatable bonds is 7. The minimum atomic E-state index is -1.02. The molecule has 4 aromatic rings. The number of ketones is 1. The van der Waals surface area contributed by atoms with Crippen LogP contribution in [0.25, 0.3) is 22.4 Å². The number of nitrogens with zero attached hydrogens (tertiary/aromatic N) is 3. The van der Waals surface area contributed by atoms with Gasteiger partial charge in [-0.3, -0.25) is 0 Å². The molecule has 2 N–H and O–H groups in total. The summed E-state index contributed by atoms with van der Waals surface area (Å²) >= 11 is 6.57. The van der Waals surface area contributed by atoms with Gasteiger partial charge in [-0.1, -0.05) is 29.8 Å². The molecule has 0 bridgehead atoms. The van der Waals surface area contributed by atoms with Crippen LogP contribution in [0.4, 0.5) is 5.69 Å². The van der Waals surface area contributed by atoms with Gasteiger partial charge in [0.25, 0.3) is 0 Å². The van der Waals surface area contributed by atoms with Crippen LogP contribution in [0.15, 0.2) is 48.5 Å². The van der Waals surface area contributed by atoms with E-state index in [0.29, 0.717) is 45.5 Å². The van der Waals surface area contributed by atoms with E-state index in [4.69, 9.17) is 16.3 Å². The molecule has 1 saturated heterocycles. The number of ether oxygens (including phenoxy) is 1. The lowest BCUT2D eigenvalue weighted by molar-refractivity contribution is -0.118. The third kappa shape index (κ3) is 5.44. The molecule has 190 valence electrons. The number of carbonyl (C=O) groups excluding carboxylic acids is 1. The number of pyridine rings is 1. The zero-order valence-electron chi connectivity index (χ0n) is 20.6. The SMILES string of the molecule is CC(=O)CC1CCN(c2ccc(-c3nc4nc(Oc5ccc(C)c(C(=O)O)c5)[nH]c4cc3Cl)cc2)CC1. The lowest BCUT2D eigenvalue weighted by Crippen LogP contribution is -2.34. The Kier molecular flexibility index (Phi) is 6.84. The summed E-state index contributed by atoms with van der Waals surface area (Å²) in [5.41, 5.74) is 4.49. The molecule has 0 aliphatic carbocycles. The summed E-state index contributed by atoms with van der Waals surface area (Å²) in [5.74, 6) is 0.0846. The maximum atomic E-state index is 11.4. The summed E-state index contributed by atoms with van der Waals surface area (Å²) in [6.07, 6.45) is 2.72. The Morgan fingerprint density at radius 3 is 2.51 bits per heavy atom. The van der Waals surface area contributed by atoms with Gasteiger partial charge in [-0.15, -0.1) is 0 Å². The summed E-state index contributed by atoms with van der Waals surface area (Å²) in [6, 6.07) is 14.9.